The van der Waals surface area contributed by atoms with Crippen molar-refractivity contribution >= 4 is 6.09 Å². The average molecular weight is 370 g/mol. The molecule has 0 aromatic heterocycles. The van der Waals surface area contributed by atoms with Crippen LogP contribution in [-0.4, -0.2) is 46.4 Å². The Morgan fingerprint density at radius 3 is 2.04 bits per heavy atom. The summed E-state index contributed by atoms with van der Waals surface area (Å²) in [5.74, 6) is 0.445. The van der Waals surface area contributed by atoms with Gasteiger partial charge in [0.15, 0.2) is 0 Å². The van der Waals surface area contributed by atoms with Crippen LogP contribution < -0.4 is 5.32 Å². The molecule has 1 amide bonds. The van der Waals surface area contributed by atoms with Crippen LogP contribution in [0.3, 0.4) is 0 Å². The first-order valence-corrected chi connectivity index (χ1v) is 9.41. The van der Waals surface area contributed by atoms with E-state index in [0.717, 1.165) is 18.7 Å². The molecule has 0 aliphatic carbocycles. The molecule has 0 spiro atoms. The molecule has 0 aliphatic rings. The summed E-state index contributed by atoms with van der Waals surface area (Å²) in [6.45, 7) is 6.24. The molecule has 3 N–H and O–H groups in total. The van der Waals surface area contributed by atoms with Crippen LogP contribution in [0.4, 0.5) is 4.79 Å². The van der Waals surface area contributed by atoms with E-state index >= 15 is 0 Å². The number of nitrogens with zero attached hydrogens (tertiary/aromatic N) is 1. The summed E-state index contributed by atoms with van der Waals surface area (Å²) in [6, 6.07) is 19.2. The first-order valence-electron chi connectivity index (χ1n) is 9.41. The molecule has 0 saturated heterocycles. The molecule has 0 aliphatic heterocycles. The van der Waals surface area contributed by atoms with Crippen LogP contribution in [-0.2, 0) is 13.0 Å². The smallest absolute Gasteiger partial charge is 0.404 e. The van der Waals surface area contributed by atoms with Gasteiger partial charge in [-0.2, -0.15) is 0 Å². The van der Waals surface area contributed by atoms with Gasteiger partial charge in [-0.25, -0.2) is 4.79 Å². The van der Waals surface area contributed by atoms with Gasteiger partial charge in [0.2, 0.25) is 0 Å². The summed E-state index contributed by atoms with van der Waals surface area (Å²) in [5.41, 5.74) is 2.17. The Hall–Kier alpha value is -2.37. The Morgan fingerprint density at radius 1 is 0.963 bits per heavy atom. The van der Waals surface area contributed by atoms with Crippen LogP contribution in [0, 0.1) is 5.92 Å². The van der Waals surface area contributed by atoms with Crippen molar-refractivity contribution < 1.29 is 15.0 Å². The Labute approximate surface area is 161 Å². The van der Waals surface area contributed by atoms with Gasteiger partial charge in [-0.15, -0.1) is 0 Å². The lowest BCUT2D eigenvalue weighted by atomic mass is 10.0. The Bertz CT molecular complexity index is 676. The molecule has 2 aromatic rings. The summed E-state index contributed by atoms with van der Waals surface area (Å²) in [4.78, 5) is 13.4. The highest BCUT2D eigenvalue weighted by molar-refractivity contribution is 5.65. The minimum atomic E-state index is -1.12. The lowest BCUT2D eigenvalue weighted by Crippen LogP contribution is -2.49. The Balaban J connectivity index is 2.07. The molecule has 0 bridgehead atoms. The van der Waals surface area contributed by atoms with Gasteiger partial charge < -0.3 is 15.5 Å². The SMILES string of the molecule is CC(C)CN(Cc1ccccc1)C[C@@H](O)[C@H](Cc1ccccc1)NC(=O)O. The minimum absolute atomic E-state index is 0.408. The average Bonchev–Trinajstić information content (AvgIpc) is 2.62. The topological polar surface area (TPSA) is 72.8 Å². The van der Waals surface area contributed by atoms with Gasteiger partial charge in [-0.05, 0) is 23.5 Å². The zero-order valence-corrected chi connectivity index (χ0v) is 16.1. The number of aliphatic hydroxyl groups excluding tert-OH is 1. The molecule has 0 fully saturated rings. The number of amides is 1. The minimum Gasteiger partial charge on any atom is -0.465 e. The summed E-state index contributed by atoms with van der Waals surface area (Å²) < 4.78 is 0. The van der Waals surface area contributed by atoms with E-state index < -0.39 is 18.2 Å². The van der Waals surface area contributed by atoms with E-state index in [1.165, 1.54) is 5.56 Å². The highest BCUT2D eigenvalue weighted by atomic mass is 16.4. The monoisotopic (exact) mass is 370 g/mol. The number of carboxylic acid groups (broad SMARTS) is 1. The normalized spacial score (nSPS) is 13.5. The third-order valence-corrected chi connectivity index (χ3v) is 4.39. The molecule has 2 rings (SSSR count). The Kier molecular flexibility index (Phi) is 8.30. The molecular weight excluding hydrogens is 340 g/mol. The number of rotatable bonds is 10. The molecule has 0 unspecified atom stereocenters. The van der Waals surface area contributed by atoms with Crippen LogP contribution in [0.25, 0.3) is 0 Å². The molecule has 0 heterocycles. The lowest BCUT2D eigenvalue weighted by molar-refractivity contribution is 0.0698. The first-order chi connectivity index (χ1) is 12.9. The van der Waals surface area contributed by atoms with Crippen LogP contribution in [0.1, 0.15) is 25.0 Å². The zero-order chi connectivity index (χ0) is 19.6. The lowest BCUT2D eigenvalue weighted by Gasteiger charge is -2.30. The van der Waals surface area contributed by atoms with Crippen LogP contribution in [0.5, 0.6) is 0 Å². The second-order valence-corrected chi connectivity index (χ2v) is 7.39. The van der Waals surface area contributed by atoms with Crippen LogP contribution in [0.2, 0.25) is 0 Å². The van der Waals surface area contributed by atoms with Gasteiger partial charge in [0.1, 0.15) is 0 Å². The number of hydrogen-bond acceptors (Lipinski definition) is 3. The largest absolute Gasteiger partial charge is 0.465 e. The fourth-order valence-electron chi connectivity index (χ4n) is 3.26. The number of carbonyl (C=O) groups is 1. The van der Waals surface area contributed by atoms with Crippen molar-refractivity contribution in [2.75, 3.05) is 13.1 Å². The second-order valence-electron chi connectivity index (χ2n) is 7.39. The maximum Gasteiger partial charge on any atom is 0.404 e. The van der Waals surface area contributed by atoms with Crippen molar-refractivity contribution in [3.63, 3.8) is 0 Å². The van der Waals surface area contributed by atoms with E-state index in [9.17, 15) is 15.0 Å². The maximum absolute atomic E-state index is 11.2. The van der Waals surface area contributed by atoms with Crippen molar-refractivity contribution in [3.8, 4) is 0 Å². The fourth-order valence-corrected chi connectivity index (χ4v) is 3.26. The quantitative estimate of drug-likeness (QED) is 0.599. The molecule has 146 valence electrons. The van der Waals surface area contributed by atoms with Crippen molar-refractivity contribution in [1.29, 1.82) is 0 Å². The highest BCUT2D eigenvalue weighted by Gasteiger charge is 2.24. The predicted octanol–water partition coefficient (Wildman–Crippen LogP) is 3.38. The van der Waals surface area contributed by atoms with Gasteiger partial charge in [-0.1, -0.05) is 74.5 Å². The number of benzene rings is 2. The van der Waals surface area contributed by atoms with E-state index in [2.05, 4.69) is 36.2 Å². The molecule has 5 nitrogen and oxygen atoms in total. The number of aliphatic hydroxyl groups is 1. The van der Waals surface area contributed by atoms with E-state index in [4.69, 9.17) is 0 Å². The van der Waals surface area contributed by atoms with Gasteiger partial charge >= 0.3 is 6.09 Å². The molecule has 2 atom stereocenters. The van der Waals surface area contributed by atoms with Crippen molar-refractivity contribution in [2.45, 2.75) is 39.0 Å². The van der Waals surface area contributed by atoms with E-state index in [0.29, 0.717) is 18.9 Å². The third-order valence-electron chi connectivity index (χ3n) is 4.39. The number of nitrogens with one attached hydrogen (secondary N) is 1. The molecule has 0 radical (unpaired) electrons. The maximum atomic E-state index is 11.2. The molecule has 0 saturated carbocycles. The van der Waals surface area contributed by atoms with Crippen molar-refractivity contribution in [3.05, 3.63) is 71.8 Å². The van der Waals surface area contributed by atoms with Crippen molar-refractivity contribution in [2.24, 2.45) is 5.92 Å². The fraction of sp³-hybridized carbons (Fsp3) is 0.409. The molecular formula is C22H30N2O3. The zero-order valence-electron chi connectivity index (χ0n) is 16.1. The molecule has 5 heteroatoms. The summed E-state index contributed by atoms with van der Waals surface area (Å²) in [5, 5.41) is 22.5. The van der Waals surface area contributed by atoms with Crippen LogP contribution in [0.15, 0.2) is 60.7 Å². The van der Waals surface area contributed by atoms with Crippen molar-refractivity contribution in [1.82, 2.24) is 10.2 Å². The summed E-state index contributed by atoms with van der Waals surface area (Å²) in [7, 11) is 0. The third kappa shape index (κ3) is 7.81. The van der Waals surface area contributed by atoms with Gasteiger partial charge in [0, 0.05) is 19.6 Å². The van der Waals surface area contributed by atoms with Gasteiger partial charge in [-0.3, -0.25) is 4.90 Å². The van der Waals surface area contributed by atoms with Gasteiger partial charge in [0.25, 0.3) is 0 Å². The first kappa shape index (κ1) is 20.9. The summed E-state index contributed by atoms with van der Waals surface area (Å²) >= 11 is 0. The second kappa shape index (κ2) is 10.7. The molecule has 2 aromatic carbocycles. The predicted molar refractivity (Wildman–Crippen MR) is 108 cm³/mol. The van der Waals surface area contributed by atoms with E-state index in [1.54, 1.807) is 0 Å². The Morgan fingerprint density at radius 2 is 1.52 bits per heavy atom. The van der Waals surface area contributed by atoms with E-state index in [-0.39, 0.29) is 0 Å². The number of hydrogen-bond donors (Lipinski definition) is 3. The van der Waals surface area contributed by atoms with Crippen LogP contribution >= 0.6 is 0 Å². The highest BCUT2D eigenvalue weighted by Crippen LogP contribution is 2.12. The standard InChI is InChI=1S/C22H30N2O3/c1-17(2)14-24(15-19-11-7-4-8-12-19)16-21(25)20(23-22(26)27)13-18-9-5-3-6-10-18/h3-12,17,20-21,23,25H,13-16H2,1-2H3,(H,26,27)/t20-,21+/m0/s1. The van der Waals surface area contributed by atoms with Gasteiger partial charge in [0.05, 0.1) is 12.1 Å². The van der Waals surface area contributed by atoms with E-state index in [1.807, 2.05) is 48.5 Å². The molecule has 27 heavy (non-hydrogen) atoms. The summed E-state index contributed by atoms with van der Waals surface area (Å²) in [6.07, 6.45) is -1.47.